The normalized spacial score (nSPS) is 22.6. The molecule has 1 heterocycles. The summed E-state index contributed by atoms with van der Waals surface area (Å²) in [5.41, 5.74) is 1.02. The Morgan fingerprint density at radius 3 is 2.62 bits per heavy atom. The summed E-state index contributed by atoms with van der Waals surface area (Å²) in [4.78, 5) is 4.44. The Bertz CT molecular complexity index is 682. The van der Waals surface area contributed by atoms with Crippen molar-refractivity contribution < 1.29 is 9.26 Å². The molecule has 0 spiro atoms. The minimum absolute atomic E-state index is 0.0354. The molecular formula is C16H17N3O2. The number of aromatic nitrogens is 2. The van der Waals surface area contributed by atoms with Gasteiger partial charge in [0.2, 0.25) is 5.89 Å². The highest BCUT2D eigenvalue weighted by molar-refractivity contribution is 5.29. The standard InChI is InChI=1S/C16H17N3O2/c1-16(2)12(9-17)14(16)15-18-13(19-21-15)8-10-4-6-11(20-3)7-5-10/h4-7,12,14H,8H2,1-3H3. The molecule has 1 aliphatic carbocycles. The minimum atomic E-state index is -0.0708. The van der Waals surface area contributed by atoms with Crippen LogP contribution < -0.4 is 4.74 Å². The van der Waals surface area contributed by atoms with E-state index < -0.39 is 0 Å². The van der Waals surface area contributed by atoms with E-state index in [2.05, 4.69) is 30.1 Å². The van der Waals surface area contributed by atoms with Crippen LogP contribution in [0.15, 0.2) is 28.8 Å². The highest BCUT2D eigenvalue weighted by atomic mass is 16.5. The zero-order valence-electron chi connectivity index (χ0n) is 12.3. The van der Waals surface area contributed by atoms with Crippen LogP contribution in [0.4, 0.5) is 0 Å². The third-order valence-corrected chi connectivity index (χ3v) is 4.24. The van der Waals surface area contributed by atoms with Gasteiger partial charge in [0.15, 0.2) is 5.82 Å². The van der Waals surface area contributed by atoms with E-state index in [4.69, 9.17) is 14.5 Å². The van der Waals surface area contributed by atoms with Crippen LogP contribution in [0, 0.1) is 22.7 Å². The zero-order chi connectivity index (χ0) is 15.0. The monoisotopic (exact) mass is 283 g/mol. The van der Waals surface area contributed by atoms with Gasteiger partial charge in [-0.15, -0.1) is 0 Å². The van der Waals surface area contributed by atoms with Crippen LogP contribution in [0.3, 0.4) is 0 Å². The smallest absolute Gasteiger partial charge is 0.231 e. The Kier molecular flexibility index (Phi) is 3.17. The van der Waals surface area contributed by atoms with Crippen molar-refractivity contribution in [2.75, 3.05) is 7.11 Å². The first-order valence-corrected chi connectivity index (χ1v) is 6.91. The molecule has 1 fully saturated rings. The van der Waals surface area contributed by atoms with Gasteiger partial charge in [-0.05, 0) is 23.1 Å². The van der Waals surface area contributed by atoms with Gasteiger partial charge in [0, 0.05) is 6.42 Å². The lowest BCUT2D eigenvalue weighted by molar-refractivity contribution is 0.363. The fraction of sp³-hybridized carbons (Fsp3) is 0.438. The Labute approximate surface area is 123 Å². The molecule has 0 radical (unpaired) electrons. The zero-order valence-corrected chi connectivity index (χ0v) is 12.3. The van der Waals surface area contributed by atoms with Crippen molar-refractivity contribution >= 4 is 0 Å². The van der Waals surface area contributed by atoms with E-state index in [1.165, 1.54) is 0 Å². The summed E-state index contributed by atoms with van der Waals surface area (Å²) in [5.74, 6) is 2.07. The lowest BCUT2D eigenvalue weighted by Gasteiger charge is -2.00. The maximum atomic E-state index is 9.11. The fourth-order valence-electron chi connectivity index (χ4n) is 2.73. The Hall–Kier alpha value is -2.35. The summed E-state index contributed by atoms with van der Waals surface area (Å²) in [7, 11) is 1.64. The molecule has 108 valence electrons. The molecule has 0 saturated heterocycles. The maximum Gasteiger partial charge on any atom is 0.231 e. The van der Waals surface area contributed by atoms with E-state index in [0.717, 1.165) is 11.3 Å². The van der Waals surface area contributed by atoms with Gasteiger partial charge in [-0.1, -0.05) is 31.1 Å². The van der Waals surface area contributed by atoms with Crippen molar-refractivity contribution in [1.82, 2.24) is 10.1 Å². The summed E-state index contributed by atoms with van der Waals surface area (Å²) in [5, 5.41) is 13.1. The third kappa shape index (κ3) is 2.38. The van der Waals surface area contributed by atoms with Crippen molar-refractivity contribution in [2.45, 2.75) is 26.2 Å². The molecule has 2 atom stereocenters. The largest absolute Gasteiger partial charge is 0.497 e. The van der Waals surface area contributed by atoms with Crippen molar-refractivity contribution in [1.29, 1.82) is 5.26 Å². The second-order valence-corrected chi connectivity index (χ2v) is 5.98. The summed E-state index contributed by atoms with van der Waals surface area (Å²) in [6.45, 7) is 4.11. The number of benzene rings is 1. The quantitative estimate of drug-likeness (QED) is 0.862. The highest BCUT2D eigenvalue weighted by Crippen LogP contribution is 2.63. The van der Waals surface area contributed by atoms with E-state index in [0.29, 0.717) is 18.1 Å². The lowest BCUT2D eigenvalue weighted by atomic mass is 10.1. The molecule has 1 aromatic carbocycles. The van der Waals surface area contributed by atoms with Crippen LogP contribution in [0.25, 0.3) is 0 Å². The molecule has 2 unspecified atom stereocenters. The van der Waals surface area contributed by atoms with Crippen LogP contribution in [-0.4, -0.2) is 17.3 Å². The van der Waals surface area contributed by atoms with E-state index in [9.17, 15) is 0 Å². The van der Waals surface area contributed by atoms with Gasteiger partial charge in [-0.2, -0.15) is 10.2 Å². The van der Waals surface area contributed by atoms with Crippen LogP contribution in [0.5, 0.6) is 5.75 Å². The number of hydrogen-bond acceptors (Lipinski definition) is 5. The van der Waals surface area contributed by atoms with Gasteiger partial charge in [-0.25, -0.2) is 0 Å². The molecule has 5 nitrogen and oxygen atoms in total. The number of hydrogen-bond donors (Lipinski definition) is 0. The molecular weight excluding hydrogens is 266 g/mol. The predicted molar refractivity (Wildman–Crippen MR) is 75.7 cm³/mol. The molecule has 1 saturated carbocycles. The number of nitriles is 1. The summed E-state index contributed by atoms with van der Waals surface area (Å²) >= 11 is 0. The molecule has 0 bridgehead atoms. The van der Waals surface area contributed by atoms with Crippen molar-refractivity contribution in [3.05, 3.63) is 41.5 Å². The minimum Gasteiger partial charge on any atom is -0.497 e. The fourth-order valence-corrected chi connectivity index (χ4v) is 2.73. The first-order chi connectivity index (χ1) is 10.1. The maximum absolute atomic E-state index is 9.11. The predicted octanol–water partition coefficient (Wildman–Crippen LogP) is 2.93. The Morgan fingerprint density at radius 1 is 1.33 bits per heavy atom. The van der Waals surface area contributed by atoms with Crippen LogP contribution in [0.2, 0.25) is 0 Å². The first kappa shape index (κ1) is 13.6. The molecule has 1 aliphatic rings. The molecule has 3 rings (SSSR count). The Balaban J connectivity index is 1.72. The second-order valence-electron chi connectivity index (χ2n) is 5.98. The van der Waals surface area contributed by atoms with Crippen molar-refractivity contribution in [3.8, 4) is 11.8 Å². The van der Waals surface area contributed by atoms with Gasteiger partial charge in [0.1, 0.15) is 5.75 Å². The first-order valence-electron chi connectivity index (χ1n) is 6.91. The lowest BCUT2D eigenvalue weighted by Crippen LogP contribution is -1.93. The summed E-state index contributed by atoms with van der Waals surface area (Å²) in [6.07, 6.45) is 0.609. The van der Waals surface area contributed by atoms with Gasteiger partial charge in [-0.3, -0.25) is 0 Å². The number of ether oxygens (including phenoxy) is 1. The van der Waals surface area contributed by atoms with Gasteiger partial charge in [0.05, 0.1) is 25.0 Å². The van der Waals surface area contributed by atoms with Gasteiger partial charge >= 0.3 is 0 Å². The molecule has 21 heavy (non-hydrogen) atoms. The average molecular weight is 283 g/mol. The summed E-state index contributed by atoms with van der Waals surface area (Å²) < 4.78 is 10.5. The van der Waals surface area contributed by atoms with Crippen LogP contribution >= 0.6 is 0 Å². The molecule has 2 aromatic rings. The number of nitrogens with zero attached hydrogens (tertiary/aromatic N) is 3. The third-order valence-electron chi connectivity index (χ3n) is 4.24. The van der Waals surface area contributed by atoms with E-state index in [1.807, 2.05) is 24.3 Å². The summed E-state index contributed by atoms with van der Waals surface area (Å²) in [6, 6.07) is 10.1. The van der Waals surface area contributed by atoms with Gasteiger partial charge < -0.3 is 9.26 Å². The molecule has 0 N–H and O–H groups in total. The average Bonchev–Trinajstić information content (AvgIpc) is 2.82. The van der Waals surface area contributed by atoms with E-state index >= 15 is 0 Å². The van der Waals surface area contributed by atoms with Gasteiger partial charge in [0.25, 0.3) is 0 Å². The van der Waals surface area contributed by atoms with E-state index in [-0.39, 0.29) is 17.3 Å². The number of rotatable bonds is 4. The van der Waals surface area contributed by atoms with Crippen molar-refractivity contribution in [3.63, 3.8) is 0 Å². The SMILES string of the molecule is COc1ccc(Cc2noc(C3C(C#N)C3(C)C)n2)cc1. The van der Waals surface area contributed by atoms with E-state index in [1.54, 1.807) is 7.11 Å². The topological polar surface area (TPSA) is 71.9 Å². The van der Waals surface area contributed by atoms with Crippen LogP contribution in [0.1, 0.15) is 37.0 Å². The highest BCUT2D eigenvalue weighted by Gasteiger charge is 2.62. The molecule has 0 amide bonds. The van der Waals surface area contributed by atoms with Crippen LogP contribution in [-0.2, 0) is 6.42 Å². The molecule has 0 aliphatic heterocycles. The second kappa shape index (κ2) is 4.88. The van der Waals surface area contributed by atoms with Crippen molar-refractivity contribution in [2.24, 2.45) is 11.3 Å². The molecule has 1 aromatic heterocycles. The Morgan fingerprint density at radius 2 is 2.05 bits per heavy atom. The number of methoxy groups -OCH3 is 1. The molecule has 5 heteroatoms.